The number of rotatable bonds is 13. The third kappa shape index (κ3) is 12.6. The van der Waals surface area contributed by atoms with Crippen LogP contribution in [0.3, 0.4) is 0 Å². The summed E-state index contributed by atoms with van der Waals surface area (Å²) in [6, 6.07) is 6.17. The van der Waals surface area contributed by atoms with Crippen molar-refractivity contribution in [1.82, 2.24) is 16.0 Å². The third-order valence-corrected chi connectivity index (χ3v) is 4.02. The van der Waals surface area contributed by atoms with E-state index in [1.54, 1.807) is 7.11 Å². The van der Waals surface area contributed by atoms with E-state index in [1.807, 2.05) is 6.92 Å². The lowest BCUT2D eigenvalue weighted by Gasteiger charge is -2.14. The van der Waals surface area contributed by atoms with E-state index in [4.69, 9.17) is 9.47 Å². The molecule has 0 radical (unpaired) electrons. The van der Waals surface area contributed by atoms with Gasteiger partial charge in [0.25, 0.3) is 0 Å². The van der Waals surface area contributed by atoms with Gasteiger partial charge in [-0.1, -0.05) is 31.9 Å². The zero-order valence-electron chi connectivity index (χ0n) is 18.2. The molecule has 0 aliphatic rings. The molecule has 0 aliphatic carbocycles. The van der Waals surface area contributed by atoms with E-state index >= 15 is 0 Å². The van der Waals surface area contributed by atoms with Gasteiger partial charge in [-0.15, -0.1) is 24.0 Å². The van der Waals surface area contributed by atoms with Crippen LogP contribution in [-0.4, -0.2) is 51.8 Å². The molecule has 0 unspecified atom stereocenters. The molecule has 0 fully saturated rings. The predicted octanol–water partition coefficient (Wildman–Crippen LogP) is 3.00. The van der Waals surface area contributed by atoms with E-state index in [0.29, 0.717) is 38.8 Å². The normalized spacial score (nSPS) is 10.8. The number of aliphatic imine (C=N–C) groups is 1. The summed E-state index contributed by atoms with van der Waals surface area (Å²) in [5.41, 5.74) is 2.19. The average molecular weight is 520 g/mol. The highest BCUT2D eigenvalue weighted by molar-refractivity contribution is 14.0. The minimum absolute atomic E-state index is 0. The number of hydrogen-bond acceptors (Lipinski definition) is 4. The number of hydrogen-bond donors (Lipinski definition) is 3. The maximum Gasteiger partial charge on any atom is 0.239 e. The third-order valence-electron chi connectivity index (χ3n) is 4.02. The Kier molecular flexibility index (Phi) is 16.4. The van der Waals surface area contributed by atoms with E-state index in [1.165, 1.54) is 12.8 Å². The number of amides is 1. The minimum atomic E-state index is -0.0991. The van der Waals surface area contributed by atoms with Crippen LogP contribution in [0.25, 0.3) is 0 Å². The molecule has 1 aromatic carbocycles. The second-order valence-electron chi connectivity index (χ2n) is 6.56. The van der Waals surface area contributed by atoms with Gasteiger partial charge in [0, 0.05) is 25.8 Å². The van der Waals surface area contributed by atoms with Crippen LogP contribution in [0, 0.1) is 6.92 Å². The van der Waals surface area contributed by atoms with Crippen molar-refractivity contribution in [3.63, 3.8) is 0 Å². The van der Waals surface area contributed by atoms with Gasteiger partial charge in [-0.3, -0.25) is 4.79 Å². The first-order chi connectivity index (χ1) is 13.6. The lowest BCUT2D eigenvalue weighted by Crippen LogP contribution is -2.43. The first-order valence-electron chi connectivity index (χ1n) is 10.1. The predicted molar refractivity (Wildman–Crippen MR) is 129 cm³/mol. The molecule has 7 nitrogen and oxygen atoms in total. The maximum atomic E-state index is 11.8. The molecule has 166 valence electrons. The SMILES string of the molecule is CCCCCOc1cc(C)ccc1CN=C(NCC)NCC(=O)NCCOC.I. The van der Waals surface area contributed by atoms with Crippen LogP contribution < -0.4 is 20.7 Å². The Morgan fingerprint density at radius 3 is 2.59 bits per heavy atom. The Morgan fingerprint density at radius 2 is 1.90 bits per heavy atom. The fourth-order valence-electron chi connectivity index (χ4n) is 2.49. The number of carbonyl (C=O) groups excluding carboxylic acids is 1. The molecule has 0 saturated heterocycles. The number of nitrogens with one attached hydrogen (secondary N) is 3. The Hall–Kier alpha value is -1.55. The van der Waals surface area contributed by atoms with Crippen molar-refractivity contribution in [1.29, 1.82) is 0 Å². The van der Waals surface area contributed by atoms with Crippen LogP contribution in [0.15, 0.2) is 23.2 Å². The van der Waals surface area contributed by atoms with Gasteiger partial charge in [0.1, 0.15) is 5.75 Å². The summed E-state index contributed by atoms with van der Waals surface area (Å²) in [6.45, 7) is 9.28. The van der Waals surface area contributed by atoms with Crippen LogP contribution in [0.4, 0.5) is 0 Å². The van der Waals surface area contributed by atoms with Gasteiger partial charge in [0.2, 0.25) is 5.91 Å². The van der Waals surface area contributed by atoms with Crippen molar-refractivity contribution in [2.45, 2.75) is 46.6 Å². The first kappa shape index (κ1) is 27.5. The monoisotopic (exact) mass is 520 g/mol. The van der Waals surface area contributed by atoms with Gasteiger partial charge in [0.15, 0.2) is 5.96 Å². The van der Waals surface area contributed by atoms with Crippen molar-refractivity contribution in [2.75, 3.05) is 40.0 Å². The second-order valence-corrected chi connectivity index (χ2v) is 6.56. The van der Waals surface area contributed by atoms with Crippen molar-refractivity contribution < 1.29 is 14.3 Å². The molecule has 3 N–H and O–H groups in total. The smallest absolute Gasteiger partial charge is 0.239 e. The number of guanidine groups is 1. The fourth-order valence-corrected chi connectivity index (χ4v) is 2.49. The molecule has 29 heavy (non-hydrogen) atoms. The number of halogens is 1. The zero-order valence-corrected chi connectivity index (χ0v) is 20.5. The summed E-state index contributed by atoms with van der Waals surface area (Å²) < 4.78 is 10.9. The zero-order chi connectivity index (χ0) is 20.6. The summed E-state index contributed by atoms with van der Waals surface area (Å²) in [7, 11) is 1.60. The molecule has 1 rings (SSSR count). The summed E-state index contributed by atoms with van der Waals surface area (Å²) in [5, 5.41) is 8.99. The summed E-state index contributed by atoms with van der Waals surface area (Å²) in [6.07, 6.45) is 3.39. The molecule has 1 amide bonds. The number of unbranched alkanes of at least 4 members (excludes halogenated alkanes) is 2. The summed E-state index contributed by atoms with van der Waals surface area (Å²) >= 11 is 0. The molecule has 8 heteroatoms. The molecule has 0 heterocycles. The number of benzene rings is 1. The lowest BCUT2D eigenvalue weighted by molar-refractivity contribution is -0.120. The lowest BCUT2D eigenvalue weighted by atomic mass is 10.1. The van der Waals surface area contributed by atoms with E-state index in [0.717, 1.165) is 23.3 Å². The van der Waals surface area contributed by atoms with Gasteiger partial charge in [-0.05, 0) is 31.9 Å². The molecule has 0 saturated carbocycles. The van der Waals surface area contributed by atoms with Crippen LogP contribution in [0.1, 0.15) is 44.2 Å². The fraction of sp³-hybridized carbons (Fsp3) is 0.619. The highest BCUT2D eigenvalue weighted by Gasteiger charge is 2.06. The minimum Gasteiger partial charge on any atom is -0.493 e. The average Bonchev–Trinajstić information content (AvgIpc) is 2.68. The Morgan fingerprint density at radius 1 is 1.10 bits per heavy atom. The van der Waals surface area contributed by atoms with Crippen LogP contribution in [0.5, 0.6) is 5.75 Å². The van der Waals surface area contributed by atoms with E-state index in [2.05, 4.69) is 53.0 Å². The van der Waals surface area contributed by atoms with E-state index in [9.17, 15) is 4.79 Å². The van der Waals surface area contributed by atoms with Crippen molar-refractivity contribution in [3.8, 4) is 5.75 Å². The quantitative estimate of drug-likeness (QED) is 0.161. The topological polar surface area (TPSA) is 84.0 Å². The van der Waals surface area contributed by atoms with E-state index < -0.39 is 0 Å². The van der Waals surface area contributed by atoms with Crippen LogP contribution >= 0.6 is 24.0 Å². The molecule has 0 bridgehead atoms. The van der Waals surface area contributed by atoms with Gasteiger partial charge in [0.05, 0.1) is 26.3 Å². The van der Waals surface area contributed by atoms with Crippen LogP contribution in [-0.2, 0) is 16.1 Å². The molecule has 0 atom stereocenters. The largest absolute Gasteiger partial charge is 0.493 e. The number of ether oxygens (including phenoxy) is 2. The second kappa shape index (κ2) is 17.3. The number of carbonyl (C=O) groups is 1. The summed E-state index contributed by atoms with van der Waals surface area (Å²) in [5.74, 6) is 1.38. The first-order valence-corrected chi connectivity index (χ1v) is 10.1. The molecule has 0 aliphatic heterocycles. The number of aryl methyl sites for hydroxylation is 1. The Labute approximate surface area is 192 Å². The summed E-state index contributed by atoms with van der Waals surface area (Å²) in [4.78, 5) is 16.4. The van der Waals surface area contributed by atoms with Gasteiger partial charge < -0.3 is 25.4 Å². The van der Waals surface area contributed by atoms with E-state index in [-0.39, 0.29) is 36.4 Å². The van der Waals surface area contributed by atoms with Crippen LogP contribution in [0.2, 0.25) is 0 Å². The Balaban J connectivity index is 0.00000784. The highest BCUT2D eigenvalue weighted by atomic mass is 127. The Bertz CT molecular complexity index is 612. The maximum absolute atomic E-state index is 11.8. The standard InChI is InChI=1S/C21H36N4O3.HI/c1-5-7-8-12-28-19-14-17(3)9-10-18(19)15-24-21(22-6-2)25-16-20(26)23-11-13-27-4;/h9-10,14H,5-8,11-13,15-16H2,1-4H3,(H,23,26)(H2,22,24,25);1H. The molecule has 0 aromatic heterocycles. The van der Waals surface area contributed by atoms with Gasteiger partial charge >= 0.3 is 0 Å². The highest BCUT2D eigenvalue weighted by Crippen LogP contribution is 2.21. The molecule has 1 aromatic rings. The number of nitrogens with zero attached hydrogens (tertiary/aromatic N) is 1. The molecular formula is C21H37IN4O3. The van der Waals surface area contributed by atoms with Crippen molar-refractivity contribution >= 4 is 35.8 Å². The number of methoxy groups -OCH3 is 1. The van der Waals surface area contributed by atoms with Gasteiger partial charge in [-0.2, -0.15) is 0 Å². The van der Waals surface area contributed by atoms with Gasteiger partial charge in [-0.25, -0.2) is 4.99 Å². The van der Waals surface area contributed by atoms with Crippen molar-refractivity contribution in [2.24, 2.45) is 4.99 Å². The van der Waals surface area contributed by atoms with Crippen molar-refractivity contribution in [3.05, 3.63) is 29.3 Å². The molecule has 0 spiro atoms. The molecular weight excluding hydrogens is 483 g/mol.